The van der Waals surface area contributed by atoms with Gasteiger partial charge in [-0.1, -0.05) is 39.5 Å². The quantitative estimate of drug-likeness (QED) is 0.685. The molecule has 2 nitrogen and oxygen atoms in total. The molecule has 1 aromatic heterocycles. The zero-order valence-corrected chi connectivity index (χ0v) is 10.9. The summed E-state index contributed by atoms with van der Waals surface area (Å²) < 4.78 is 12.6. The Morgan fingerprint density at radius 2 is 1.94 bits per heavy atom. The van der Waals surface area contributed by atoms with E-state index in [-0.39, 0.29) is 5.82 Å². The largest absolute Gasteiger partial charge is 0.370 e. The lowest BCUT2D eigenvalue weighted by Gasteiger charge is -2.06. The summed E-state index contributed by atoms with van der Waals surface area (Å²) in [6.45, 7) is 5.45. The van der Waals surface area contributed by atoms with Crippen LogP contribution in [0.15, 0.2) is 18.3 Å². The van der Waals surface area contributed by atoms with E-state index in [1.807, 2.05) is 0 Å². The van der Waals surface area contributed by atoms with Crippen LogP contribution >= 0.6 is 0 Å². The Kier molecular flexibility index (Phi) is 6.60. The first-order valence-electron chi connectivity index (χ1n) is 6.54. The van der Waals surface area contributed by atoms with Gasteiger partial charge in [-0.2, -0.15) is 0 Å². The van der Waals surface area contributed by atoms with E-state index >= 15 is 0 Å². The van der Waals surface area contributed by atoms with Crippen LogP contribution in [0.3, 0.4) is 0 Å². The number of pyridine rings is 1. The predicted octanol–water partition coefficient (Wildman–Crippen LogP) is 4.24. The van der Waals surface area contributed by atoms with Crippen molar-refractivity contribution in [3.05, 3.63) is 24.1 Å². The molecule has 0 amide bonds. The summed E-state index contributed by atoms with van der Waals surface area (Å²) in [5.41, 5.74) is 0. The minimum absolute atomic E-state index is 0.288. The number of anilines is 1. The van der Waals surface area contributed by atoms with Crippen molar-refractivity contribution in [1.82, 2.24) is 4.98 Å². The van der Waals surface area contributed by atoms with Crippen molar-refractivity contribution in [3.63, 3.8) is 0 Å². The lowest BCUT2D eigenvalue weighted by molar-refractivity contribution is 0.523. The third-order valence-electron chi connectivity index (χ3n) is 2.74. The van der Waals surface area contributed by atoms with Crippen molar-refractivity contribution in [2.75, 3.05) is 11.9 Å². The Morgan fingerprint density at radius 3 is 2.59 bits per heavy atom. The van der Waals surface area contributed by atoms with Gasteiger partial charge >= 0.3 is 0 Å². The van der Waals surface area contributed by atoms with Gasteiger partial charge < -0.3 is 5.32 Å². The zero-order valence-electron chi connectivity index (χ0n) is 10.9. The molecule has 0 unspecified atom stereocenters. The molecule has 1 rings (SSSR count). The van der Waals surface area contributed by atoms with Gasteiger partial charge in [0.2, 0.25) is 0 Å². The molecule has 0 atom stereocenters. The van der Waals surface area contributed by atoms with Crippen molar-refractivity contribution in [2.45, 2.75) is 46.0 Å². The Hall–Kier alpha value is -1.12. The topological polar surface area (TPSA) is 24.9 Å². The summed E-state index contributed by atoms with van der Waals surface area (Å²) in [5, 5.41) is 3.19. The Labute approximate surface area is 104 Å². The van der Waals surface area contributed by atoms with E-state index in [0.717, 1.165) is 24.7 Å². The normalized spacial score (nSPS) is 10.8. The van der Waals surface area contributed by atoms with Crippen LogP contribution < -0.4 is 5.32 Å². The van der Waals surface area contributed by atoms with Gasteiger partial charge in [0.1, 0.15) is 11.6 Å². The summed E-state index contributed by atoms with van der Waals surface area (Å²) in [4.78, 5) is 3.95. The number of hydrogen-bond acceptors (Lipinski definition) is 2. The van der Waals surface area contributed by atoms with Crippen molar-refractivity contribution >= 4 is 5.82 Å². The predicted molar refractivity (Wildman–Crippen MR) is 70.6 cm³/mol. The van der Waals surface area contributed by atoms with Gasteiger partial charge in [0.05, 0.1) is 6.20 Å². The molecule has 1 N–H and O–H groups in total. The Balaban J connectivity index is 1.99. The number of hydrogen-bond donors (Lipinski definition) is 1. The zero-order chi connectivity index (χ0) is 12.5. The maximum absolute atomic E-state index is 12.6. The standard InChI is InChI=1S/C14H23FN2/c1-12(2)7-5-3-4-6-10-16-14-9-8-13(15)11-17-14/h8-9,11-12H,3-7,10H2,1-2H3,(H,16,17). The highest BCUT2D eigenvalue weighted by Gasteiger charge is 1.96. The molecule has 1 aromatic rings. The first-order valence-corrected chi connectivity index (χ1v) is 6.54. The van der Waals surface area contributed by atoms with Crippen molar-refractivity contribution < 1.29 is 4.39 Å². The lowest BCUT2D eigenvalue weighted by Crippen LogP contribution is -2.03. The first kappa shape index (κ1) is 13.9. The van der Waals surface area contributed by atoms with Crippen LogP contribution in [0.2, 0.25) is 0 Å². The second-order valence-electron chi connectivity index (χ2n) is 4.89. The lowest BCUT2D eigenvalue weighted by atomic mass is 10.0. The second kappa shape index (κ2) is 8.04. The number of nitrogens with one attached hydrogen (secondary N) is 1. The third kappa shape index (κ3) is 6.93. The van der Waals surface area contributed by atoms with E-state index in [1.165, 1.54) is 37.9 Å². The van der Waals surface area contributed by atoms with Gasteiger partial charge in [0.25, 0.3) is 0 Å². The van der Waals surface area contributed by atoms with Crippen molar-refractivity contribution in [2.24, 2.45) is 5.92 Å². The SMILES string of the molecule is CC(C)CCCCCCNc1ccc(F)cn1. The highest BCUT2D eigenvalue weighted by molar-refractivity contribution is 5.33. The minimum Gasteiger partial charge on any atom is -0.370 e. The van der Waals surface area contributed by atoms with E-state index in [4.69, 9.17) is 0 Å². The van der Waals surface area contributed by atoms with Crippen LogP contribution in [-0.2, 0) is 0 Å². The monoisotopic (exact) mass is 238 g/mol. The maximum atomic E-state index is 12.6. The van der Waals surface area contributed by atoms with E-state index in [0.29, 0.717) is 0 Å². The molecular weight excluding hydrogens is 215 g/mol. The molecular formula is C14H23FN2. The molecule has 3 heteroatoms. The molecule has 0 aliphatic rings. The van der Waals surface area contributed by atoms with Crippen LogP contribution in [0.5, 0.6) is 0 Å². The molecule has 96 valence electrons. The van der Waals surface area contributed by atoms with Gasteiger partial charge in [-0.3, -0.25) is 0 Å². The van der Waals surface area contributed by atoms with Crippen LogP contribution in [0, 0.1) is 11.7 Å². The van der Waals surface area contributed by atoms with Crippen LogP contribution in [0.4, 0.5) is 10.2 Å². The summed E-state index contributed by atoms with van der Waals surface area (Å²) in [7, 11) is 0. The fourth-order valence-electron chi connectivity index (χ4n) is 1.73. The summed E-state index contributed by atoms with van der Waals surface area (Å²) in [6.07, 6.45) is 7.60. The summed E-state index contributed by atoms with van der Waals surface area (Å²) >= 11 is 0. The van der Waals surface area contributed by atoms with Crippen molar-refractivity contribution in [3.8, 4) is 0 Å². The molecule has 1 heterocycles. The summed E-state index contributed by atoms with van der Waals surface area (Å²) in [5.74, 6) is 1.29. The molecule has 0 spiro atoms. The third-order valence-corrected chi connectivity index (χ3v) is 2.74. The van der Waals surface area contributed by atoms with Crippen LogP contribution in [0.25, 0.3) is 0 Å². The van der Waals surface area contributed by atoms with Gasteiger partial charge in [-0.05, 0) is 24.5 Å². The first-order chi connectivity index (χ1) is 8.18. The minimum atomic E-state index is -0.288. The molecule has 0 aliphatic carbocycles. The fourth-order valence-corrected chi connectivity index (χ4v) is 1.73. The molecule has 17 heavy (non-hydrogen) atoms. The molecule has 0 aliphatic heterocycles. The smallest absolute Gasteiger partial charge is 0.141 e. The molecule has 0 bridgehead atoms. The fraction of sp³-hybridized carbons (Fsp3) is 0.643. The van der Waals surface area contributed by atoms with E-state index in [9.17, 15) is 4.39 Å². The average molecular weight is 238 g/mol. The Bertz CT molecular complexity index is 296. The number of aromatic nitrogens is 1. The number of nitrogens with zero attached hydrogens (tertiary/aromatic N) is 1. The van der Waals surface area contributed by atoms with Crippen LogP contribution in [-0.4, -0.2) is 11.5 Å². The number of unbranched alkanes of at least 4 members (excludes halogenated alkanes) is 3. The van der Waals surface area contributed by atoms with Crippen molar-refractivity contribution in [1.29, 1.82) is 0 Å². The van der Waals surface area contributed by atoms with E-state index < -0.39 is 0 Å². The molecule has 0 saturated carbocycles. The highest BCUT2D eigenvalue weighted by atomic mass is 19.1. The van der Waals surface area contributed by atoms with E-state index in [2.05, 4.69) is 24.1 Å². The molecule has 0 aromatic carbocycles. The molecule has 0 saturated heterocycles. The number of rotatable bonds is 8. The Morgan fingerprint density at radius 1 is 1.18 bits per heavy atom. The average Bonchev–Trinajstić information content (AvgIpc) is 2.30. The maximum Gasteiger partial charge on any atom is 0.141 e. The van der Waals surface area contributed by atoms with Gasteiger partial charge in [-0.25, -0.2) is 9.37 Å². The summed E-state index contributed by atoms with van der Waals surface area (Å²) in [6, 6.07) is 3.10. The second-order valence-corrected chi connectivity index (χ2v) is 4.89. The van der Waals surface area contributed by atoms with Gasteiger partial charge in [0, 0.05) is 6.54 Å². The van der Waals surface area contributed by atoms with E-state index in [1.54, 1.807) is 6.07 Å². The van der Waals surface area contributed by atoms with Gasteiger partial charge in [-0.15, -0.1) is 0 Å². The molecule has 0 radical (unpaired) electrons. The number of halogens is 1. The highest BCUT2D eigenvalue weighted by Crippen LogP contribution is 2.10. The molecule has 0 fully saturated rings. The van der Waals surface area contributed by atoms with Crippen LogP contribution in [0.1, 0.15) is 46.0 Å². The van der Waals surface area contributed by atoms with Gasteiger partial charge in [0.15, 0.2) is 0 Å².